The lowest BCUT2D eigenvalue weighted by Crippen LogP contribution is -2.25. The molecule has 0 saturated carbocycles. The Bertz CT molecular complexity index is 425. The largest absolute Gasteiger partial charge is 0.399 e. The fraction of sp³-hybridized carbons (Fsp3) is 0.600. The fourth-order valence-corrected chi connectivity index (χ4v) is 9.87. The zero-order chi connectivity index (χ0) is 14.8. The van der Waals surface area contributed by atoms with Gasteiger partial charge in [-0.05, 0) is 6.07 Å². The van der Waals surface area contributed by atoms with Crippen LogP contribution in [0.1, 0.15) is 47.1 Å². The first-order chi connectivity index (χ1) is 8.71. The van der Waals surface area contributed by atoms with E-state index in [1.807, 2.05) is 0 Å². The highest BCUT2D eigenvalue weighted by atomic mass is 33.2. The zero-order valence-corrected chi connectivity index (χ0v) is 14.6. The minimum absolute atomic E-state index is 0.617. The Balaban J connectivity index is 3.31. The second-order valence-electron chi connectivity index (χ2n) is 5.64. The molecule has 110 valence electrons. The number of nitrogens with zero attached hydrogens (tertiary/aromatic N) is 1. The molecule has 0 saturated heterocycles. The molecule has 19 heavy (non-hydrogen) atoms. The first kappa shape index (κ1) is 16.6. The van der Waals surface area contributed by atoms with Gasteiger partial charge in [0.2, 0.25) is 0 Å². The van der Waals surface area contributed by atoms with Crippen molar-refractivity contribution in [3.8, 4) is 0 Å². The van der Waals surface area contributed by atoms with Crippen LogP contribution in [0.3, 0.4) is 0 Å². The number of rotatable bonds is 6. The predicted molar refractivity (Wildman–Crippen MR) is 93.6 cm³/mol. The maximum atomic E-state index is 5.82. The molecule has 0 bridgehead atoms. The fourth-order valence-electron chi connectivity index (χ4n) is 2.36. The lowest BCUT2D eigenvalue weighted by atomic mass is 10.3. The third-order valence-corrected chi connectivity index (χ3v) is 12.3. The van der Waals surface area contributed by atoms with Crippen LogP contribution in [-0.4, -0.2) is 19.7 Å². The highest BCUT2D eigenvalue weighted by Crippen LogP contribution is 2.68. The molecule has 4 heteroatoms. The molecule has 0 aliphatic rings. The van der Waals surface area contributed by atoms with Crippen molar-refractivity contribution in [2.75, 3.05) is 0 Å². The molecule has 0 aromatic carbocycles. The van der Waals surface area contributed by atoms with Crippen LogP contribution >= 0.6 is 20.0 Å². The summed E-state index contributed by atoms with van der Waals surface area (Å²) in [6.45, 7) is 17.7. The van der Waals surface area contributed by atoms with E-state index in [1.54, 1.807) is 0 Å². The number of hydrogen-bond donors (Lipinski definition) is 1. The van der Waals surface area contributed by atoms with Crippen molar-refractivity contribution < 1.29 is 0 Å². The van der Waals surface area contributed by atoms with Crippen molar-refractivity contribution >= 4 is 25.7 Å². The van der Waals surface area contributed by atoms with Crippen LogP contribution < -0.4 is 5.73 Å². The van der Waals surface area contributed by atoms with Crippen molar-refractivity contribution in [3.05, 3.63) is 30.6 Å². The molecule has 0 fully saturated rings. The summed E-state index contributed by atoms with van der Waals surface area (Å²) in [6.07, 6.45) is 4.35. The smallest absolute Gasteiger partial charge is 0.0330 e. The third kappa shape index (κ3) is 3.34. The Morgan fingerprint density at radius 1 is 1.21 bits per heavy atom. The maximum Gasteiger partial charge on any atom is 0.0330 e. The van der Waals surface area contributed by atoms with Gasteiger partial charge in [0, 0.05) is 39.4 Å². The van der Waals surface area contributed by atoms with Crippen LogP contribution in [0, 0.1) is 0 Å². The monoisotopic (exact) mass is 300 g/mol. The van der Waals surface area contributed by atoms with Crippen molar-refractivity contribution in [3.63, 3.8) is 0 Å². The summed E-state index contributed by atoms with van der Waals surface area (Å²) in [7, 11) is 1.13. The summed E-state index contributed by atoms with van der Waals surface area (Å²) in [5, 5.41) is 1.85. The first-order valence-electron chi connectivity index (χ1n) is 6.84. The molecule has 0 radical (unpaired) electrons. The van der Waals surface area contributed by atoms with E-state index in [4.69, 9.17) is 5.73 Å². The molecule has 2 N–H and O–H groups in total. The summed E-state index contributed by atoms with van der Waals surface area (Å²) in [5.41, 5.74) is 7.51. The molecule has 1 rings (SSSR count). The summed E-state index contributed by atoms with van der Waals surface area (Å²) in [6, 6.07) is 2.08. The predicted octanol–water partition coefficient (Wildman–Crippen LogP) is 4.86. The van der Waals surface area contributed by atoms with Crippen LogP contribution in [0.4, 0.5) is 0 Å². The normalized spacial score (nSPS) is 13.5. The minimum Gasteiger partial charge on any atom is -0.399 e. The van der Waals surface area contributed by atoms with Gasteiger partial charge in [-0.25, -0.2) is 0 Å². The van der Waals surface area contributed by atoms with Crippen molar-refractivity contribution in [1.82, 2.24) is 3.97 Å². The number of hydrogen-bond acceptors (Lipinski definition) is 2. The van der Waals surface area contributed by atoms with Gasteiger partial charge >= 0.3 is 0 Å². The lowest BCUT2D eigenvalue weighted by molar-refractivity contribution is 0.987. The lowest BCUT2D eigenvalue weighted by Gasteiger charge is -2.49. The molecule has 0 aliphatic carbocycles. The molecule has 0 aliphatic heterocycles. The quantitative estimate of drug-likeness (QED) is 0.761. The van der Waals surface area contributed by atoms with Crippen molar-refractivity contribution in [1.29, 1.82) is 0 Å². The molecule has 1 aromatic heterocycles. The molecule has 0 atom stereocenters. The van der Waals surface area contributed by atoms with E-state index in [-0.39, 0.29) is 0 Å². The second-order valence-corrected chi connectivity index (χ2v) is 12.5. The van der Waals surface area contributed by atoms with Gasteiger partial charge in [0.05, 0.1) is 0 Å². The Kier molecular flexibility index (Phi) is 5.51. The van der Waals surface area contributed by atoms with E-state index in [1.165, 1.54) is 0 Å². The van der Waals surface area contributed by atoms with E-state index < -0.39 is 9.25 Å². The Hall–Kier alpha value is -0.480. The van der Waals surface area contributed by atoms with Crippen molar-refractivity contribution in [2.24, 2.45) is 5.73 Å². The Morgan fingerprint density at radius 3 is 2.05 bits per heavy atom. The Morgan fingerprint density at radius 2 is 1.74 bits per heavy atom. The van der Waals surface area contributed by atoms with Gasteiger partial charge in [0.25, 0.3) is 0 Å². The highest BCUT2D eigenvalue weighted by molar-refractivity contribution is 8.94. The highest BCUT2D eigenvalue weighted by Gasteiger charge is 2.34. The molecular formula is C15H28N2S2. The summed E-state index contributed by atoms with van der Waals surface area (Å²) in [4.78, 5) is 0. The van der Waals surface area contributed by atoms with E-state index in [2.05, 4.69) is 81.3 Å². The minimum atomic E-state index is -0.984. The van der Waals surface area contributed by atoms with E-state index >= 15 is 0 Å². The number of nitrogens with two attached hydrogens (primary N) is 1. The van der Waals surface area contributed by atoms with Gasteiger partial charge in [0.15, 0.2) is 0 Å². The third-order valence-electron chi connectivity index (χ3n) is 3.07. The van der Waals surface area contributed by atoms with Crippen LogP contribution in [0.5, 0.6) is 0 Å². The average Bonchev–Trinajstić information content (AvgIpc) is 2.73. The SMILES string of the molecule is C=C(N)c1ccn(S(SC(C)C)(C(C)C)C(C)C)c1. The Labute approximate surface area is 123 Å². The second kappa shape index (κ2) is 6.31. The number of aromatic nitrogens is 1. The van der Waals surface area contributed by atoms with Gasteiger partial charge in [0.1, 0.15) is 0 Å². The molecular weight excluding hydrogens is 272 g/mol. The standard InChI is InChI=1S/C15H28N2S2/c1-11(2)18-19(12(3)4,13(5)6)17-9-8-15(10-17)14(7)16/h8-13H,7,16H2,1-6H3. The van der Waals surface area contributed by atoms with Gasteiger partial charge in [-0.3, -0.25) is 0 Å². The van der Waals surface area contributed by atoms with E-state index in [0.29, 0.717) is 21.4 Å². The van der Waals surface area contributed by atoms with Gasteiger partial charge < -0.3 is 9.71 Å². The molecule has 1 aromatic rings. The van der Waals surface area contributed by atoms with Gasteiger partial charge in [-0.1, -0.05) is 58.9 Å². The van der Waals surface area contributed by atoms with Gasteiger partial charge in [-0.15, -0.1) is 9.25 Å². The average molecular weight is 301 g/mol. The van der Waals surface area contributed by atoms with E-state index in [0.717, 1.165) is 5.56 Å². The first-order valence-corrected chi connectivity index (χ1v) is 9.95. The summed E-state index contributed by atoms with van der Waals surface area (Å²) >= 11 is 0. The van der Waals surface area contributed by atoms with E-state index in [9.17, 15) is 0 Å². The molecule has 0 amide bonds. The molecule has 0 unspecified atom stereocenters. The van der Waals surface area contributed by atoms with Crippen LogP contribution in [0.25, 0.3) is 5.70 Å². The topological polar surface area (TPSA) is 30.9 Å². The molecule has 2 nitrogen and oxygen atoms in total. The molecule has 1 heterocycles. The maximum absolute atomic E-state index is 5.82. The van der Waals surface area contributed by atoms with Crippen molar-refractivity contribution in [2.45, 2.75) is 57.3 Å². The van der Waals surface area contributed by atoms with Crippen LogP contribution in [0.2, 0.25) is 0 Å². The summed E-state index contributed by atoms with van der Waals surface area (Å²) in [5.74, 6) is 0. The summed E-state index contributed by atoms with van der Waals surface area (Å²) < 4.78 is 2.42. The van der Waals surface area contributed by atoms with Crippen LogP contribution in [-0.2, 0) is 0 Å². The van der Waals surface area contributed by atoms with Gasteiger partial charge in [-0.2, -0.15) is 0 Å². The zero-order valence-electron chi connectivity index (χ0n) is 13.0. The molecule has 0 spiro atoms. The van der Waals surface area contributed by atoms with Crippen LogP contribution in [0.15, 0.2) is 25.0 Å².